The second-order valence-corrected chi connectivity index (χ2v) is 5.62. The Bertz CT molecular complexity index is 702. The molecular formula is C17H16BrNO4. The summed E-state index contributed by atoms with van der Waals surface area (Å²) >= 11 is 3.35. The lowest BCUT2D eigenvalue weighted by atomic mass is 10.2. The molecule has 1 N–H and O–H groups in total. The maximum absolute atomic E-state index is 12.0. The molecule has 23 heavy (non-hydrogen) atoms. The average Bonchev–Trinajstić information content (AvgIpc) is 2.51. The first-order chi connectivity index (χ1) is 11.0. The molecule has 0 aliphatic heterocycles. The molecule has 5 nitrogen and oxygen atoms in total. The number of hydrogen-bond acceptors (Lipinski definition) is 4. The van der Waals surface area contributed by atoms with E-state index < -0.39 is 5.97 Å². The molecule has 0 aliphatic carbocycles. The predicted molar refractivity (Wildman–Crippen MR) is 90.7 cm³/mol. The van der Waals surface area contributed by atoms with Crippen LogP contribution in [0.2, 0.25) is 0 Å². The van der Waals surface area contributed by atoms with Crippen LogP contribution in [0.5, 0.6) is 5.75 Å². The topological polar surface area (TPSA) is 64.6 Å². The van der Waals surface area contributed by atoms with E-state index in [1.165, 1.54) is 6.92 Å². The number of rotatable bonds is 6. The van der Waals surface area contributed by atoms with Gasteiger partial charge in [0.2, 0.25) is 5.91 Å². The molecule has 0 spiro atoms. The Morgan fingerprint density at radius 3 is 2.61 bits per heavy atom. The van der Waals surface area contributed by atoms with E-state index >= 15 is 0 Å². The number of benzene rings is 2. The van der Waals surface area contributed by atoms with Crippen LogP contribution in [0, 0.1) is 0 Å². The zero-order valence-corrected chi connectivity index (χ0v) is 14.1. The summed E-state index contributed by atoms with van der Waals surface area (Å²) in [6, 6.07) is 14.0. The molecule has 0 aromatic heterocycles. The van der Waals surface area contributed by atoms with Crippen molar-refractivity contribution in [3.63, 3.8) is 0 Å². The van der Waals surface area contributed by atoms with Crippen LogP contribution in [-0.2, 0) is 9.53 Å². The van der Waals surface area contributed by atoms with Gasteiger partial charge in [0.25, 0.3) is 0 Å². The molecule has 0 saturated heterocycles. The van der Waals surface area contributed by atoms with Crippen LogP contribution >= 0.6 is 15.9 Å². The van der Waals surface area contributed by atoms with Gasteiger partial charge in [-0.2, -0.15) is 0 Å². The highest BCUT2D eigenvalue weighted by Crippen LogP contribution is 2.17. The molecule has 2 aromatic rings. The van der Waals surface area contributed by atoms with Crippen molar-refractivity contribution in [2.75, 3.05) is 18.5 Å². The van der Waals surface area contributed by atoms with Crippen LogP contribution in [0.3, 0.4) is 0 Å². The zero-order chi connectivity index (χ0) is 16.7. The Kier molecular flexibility index (Phi) is 6.17. The number of nitrogens with one attached hydrogen (secondary N) is 1. The fraction of sp³-hybridized carbons (Fsp3) is 0.176. The van der Waals surface area contributed by atoms with E-state index in [0.717, 1.165) is 4.47 Å². The maximum Gasteiger partial charge on any atom is 0.338 e. The van der Waals surface area contributed by atoms with Crippen molar-refractivity contribution in [2.45, 2.75) is 6.92 Å². The minimum Gasteiger partial charge on any atom is -0.490 e. The number of esters is 1. The molecule has 0 bridgehead atoms. The van der Waals surface area contributed by atoms with E-state index in [2.05, 4.69) is 21.2 Å². The third-order valence-corrected chi connectivity index (χ3v) is 3.29. The van der Waals surface area contributed by atoms with Crippen LogP contribution in [0.15, 0.2) is 53.0 Å². The Morgan fingerprint density at radius 1 is 1.09 bits per heavy atom. The van der Waals surface area contributed by atoms with Gasteiger partial charge in [0.1, 0.15) is 19.0 Å². The van der Waals surface area contributed by atoms with E-state index in [-0.39, 0.29) is 19.1 Å². The molecule has 0 fully saturated rings. The lowest BCUT2D eigenvalue weighted by Crippen LogP contribution is -2.13. The fourth-order valence-corrected chi connectivity index (χ4v) is 2.24. The summed E-state index contributed by atoms with van der Waals surface area (Å²) in [5.41, 5.74) is 0.927. The fourth-order valence-electron chi connectivity index (χ4n) is 1.86. The molecule has 2 rings (SSSR count). The zero-order valence-electron chi connectivity index (χ0n) is 12.5. The number of carbonyl (C=O) groups is 2. The van der Waals surface area contributed by atoms with Gasteiger partial charge in [0.05, 0.1) is 5.56 Å². The highest BCUT2D eigenvalue weighted by Gasteiger charge is 2.08. The smallest absolute Gasteiger partial charge is 0.338 e. The number of halogens is 1. The van der Waals surface area contributed by atoms with Crippen molar-refractivity contribution in [1.82, 2.24) is 0 Å². The van der Waals surface area contributed by atoms with Crippen LogP contribution < -0.4 is 10.1 Å². The molecule has 120 valence electrons. The number of carbonyl (C=O) groups excluding carboxylic acids is 2. The molecule has 0 atom stereocenters. The van der Waals surface area contributed by atoms with Crippen molar-refractivity contribution in [1.29, 1.82) is 0 Å². The first-order valence-electron chi connectivity index (χ1n) is 6.98. The van der Waals surface area contributed by atoms with E-state index in [1.807, 2.05) is 24.3 Å². The van der Waals surface area contributed by atoms with Crippen LogP contribution in [0.1, 0.15) is 17.3 Å². The SMILES string of the molecule is CC(=O)Nc1cccc(C(=O)OCCOc2cccc(Br)c2)c1. The second-order valence-electron chi connectivity index (χ2n) is 4.70. The van der Waals surface area contributed by atoms with Gasteiger partial charge in [-0.3, -0.25) is 4.79 Å². The average molecular weight is 378 g/mol. The third-order valence-electron chi connectivity index (χ3n) is 2.80. The number of hydrogen-bond donors (Lipinski definition) is 1. The standard InChI is InChI=1S/C17H16BrNO4/c1-12(20)19-15-6-2-4-13(10-15)17(21)23-9-8-22-16-7-3-5-14(18)11-16/h2-7,10-11H,8-9H2,1H3,(H,19,20). The number of amides is 1. The summed E-state index contributed by atoms with van der Waals surface area (Å²) in [4.78, 5) is 23.0. The normalized spacial score (nSPS) is 10.0. The monoisotopic (exact) mass is 377 g/mol. The molecule has 0 radical (unpaired) electrons. The van der Waals surface area contributed by atoms with Gasteiger partial charge in [-0.05, 0) is 36.4 Å². The van der Waals surface area contributed by atoms with Crippen molar-refractivity contribution in [2.24, 2.45) is 0 Å². The molecular weight excluding hydrogens is 362 g/mol. The quantitative estimate of drug-likeness (QED) is 0.616. The van der Waals surface area contributed by atoms with Gasteiger partial charge in [0, 0.05) is 17.1 Å². The van der Waals surface area contributed by atoms with Gasteiger partial charge in [-0.25, -0.2) is 4.79 Å². The van der Waals surface area contributed by atoms with Crippen molar-refractivity contribution >= 4 is 33.5 Å². The summed E-state index contributed by atoms with van der Waals surface area (Å²) in [5.74, 6) is 0.0380. The third kappa shape index (κ3) is 5.75. The van der Waals surface area contributed by atoms with Crippen LogP contribution in [0.25, 0.3) is 0 Å². The predicted octanol–water partition coefficient (Wildman–Crippen LogP) is 3.64. The first kappa shape index (κ1) is 17.0. The highest BCUT2D eigenvalue weighted by molar-refractivity contribution is 9.10. The van der Waals surface area contributed by atoms with Gasteiger partial charge >= 0.3 is 5.97 Å². The van der Waals surface area contributed by atoms with Crippen molar-refractivity contribution in [3.05, 3.63) is 58.6 Å². The number of ether oxygens (including phenoxy) is 2. The van der Waals surface area contributed by atoms with Gasteiger partial charge in [0.15, 0.2) is 0 Å². The van der Waals surface area contributed by atoms with E-state index in [0.29, 0.717) is 17.0 Å². The lowest BCUT2D eigenvalue weighted by molar-refractivity contribution is -0.114. The molecule has 2 aromatic carbocycles. The minimum absolute atomic E-state index is 0.135. The van der Waals surface area contributed by atoms with E-state index in [4.69, 9.17) is 9.47 Å². The lowest BCUT2D eigenvalue weighted by Gasteiger charge is -2.08. The van der Waals surface area contributed by atoms with Gasteiger partial charge < -0.3 is 14.8 Å². The largest absolute Gasteiger partial charge is 0.490 e. The summed E-state index contributed by atoms with van der Waals surface area (Å²) in [6.45, 7) is 1.80. The second kappa shape index (κ2) is 8.33. The van der Waals surface area contributed by atoms with Crippen molar-refractivity contribution < 1.29 is 19.1 Å². The molecule has 6 heteroatoms. The Morgan fingerprint density at radius 2 is 1.87 bits per heavy atom. The molecule has 0 heterocycles. The van der Waals surface area contributed by atoms with E-state index in [9.17, 15) is 9.59 Å². The summed E-state index contributed by atoms with van der Waals surface area (Å²) in [7, 11) is 0. The first-order valence-corrected chi connectivity index (χ1v) is 7.77. The maximum atomic E-state index is 12.0. The minimum atomic E-state index is -0.463. The van der Waals surface area contributed by atoms with Crippen molar-refractivity contribution in [3.8, 4) is 5.75 Å². The van der Waals surface area contributed by atoms with Gasteiger partial charge in [-0.1, -0.05) is 28.1 Å². The Hall–Kier alpha value is -2.34. The highest BCUT2D eigenvalue weighted by atomic mass is 79.9. The summed E-state index contributed by atoms with van der Waals surface area (Å²) < 4.78 is 11.6. The van der Waals surface area contributed by atoms with Gasteiger partial charge in [-0.15, -0.1) is 0 Å². The Labute approximate surface area is 142 Å². The molecule has 0 aliphatic rings. The molecule has 0 saturated carbocycles. The summed E-state index contributed by atoms with van der Waals surface area (Å²) in [6.07, 6.45) is 0. The molecule has 0 unspecified atom stereocenters. The number of anilines is 1. The van der Waals surface area contributed by atoms with Crippen LogP contribution in [-0.4, -0.2) is 25.1 Å². The Balaban J connectivity index is 1.81. The molecule has 1 amide bonds. The summed E-state index contributed by atoms with van der Waals surface area (Å²) in [5, 5.41) is 2.62. The van der Waals surface area contributed by atoms with E-state index in [1.54, 1.807) is 24.3 Å². The van der Waals surface area contributed by atoms with Crippen LogP contribution in [0.4, 0.5) is 5.69 Å².